The van der Waals surface area contributed by atoms with Gasteiger partial charge in [0.1, 0.15) is 16.5 Å². The number of sulfonamides is 1. The van der Waals surface area contributed by atoms with Gasteiger partial charge in [0.15, 0.2) is 0 Å². The molecule has 21 heavy (non-hydrogen) atoms. The summed E-state index contributed by atoms with van der Waals surface area (Å²) in [7, 11) is -2.47. The lowest BCUT2D eigenvalue weighted by molar-refractivity contribution is 0.400. The van der Waals surface area contributed by atoms with Gasteiger partial charge in [-0.3, -0.25) is 0 Å². The number of hydrogen-bond donors (Lipinski definition) is 1. The maximum absolute atomic E-state index is 13.3. The van der Waals surface area contributed by atoms with Crippen molar-refractivity contribution in [2.75, 3.05) is 13.7 Å². The molecule has 0 heterocycles. The van der Waals surface area contributed by atoms with Gasteiger partial charge in [0, 0.05) is 6.54 Å². The molecule has 0 amide bonds. The van der Waals surface area contributed by atoms with E-state index in [9.17, 15) is 12.8 Å². The van der Waals surface area contributed by atoms with E-state index >= 15 is 0 Å². The molecule has 0 aliphatic heterocycles. The van der Waals surface area contributed by atoms with Gasteiger partial charge in [0.05, 0.1) is 7.11 Å². The number of ether oxygens (including phenoxy) is 1. The van der Waals surface area contributed by atoms with Crippen molar-refractivity contribution >= 4 is 10.0 Å². The molecular weight excluding hydrogens is 293 g/mol. The predicted molar refractivity (Wildman–Crippen MR) is 78.3 cm³/mol. The number of methoxy groups -OCH3 is 1. The van der Waals surface area contributed by atoms with Crippen LogP contribution in [0, 0.1) is 5.82 Å². The summed E-state index contributed by atoms with van der Waals surface area (Å²) in [6, 6.07) is 12.9. The molecule has 0 saturated heterocycles. The minimum absolute atomic E-state index is 0.114. The average Bonchev–Trinajstić information content (AvgIpc) is 2.48. The smallest absolute Gasteiger partial charge is 0.244 e. The monoisotopic (exact) mass is 309 g/mol. The lowest BCUT2D eigenvalue weighted by atomic mass is 10.2. The van der Waals surface area contributed by atoms with Crippen molar-refractivity contribution in [3.63, 3.8) is 0 Å². The molecule has 0 radical (unpaired) electrons. The third kappa shape index (κ3) is 4.03. The Hall–Kier alpha value is -1.92. The second kappa shape index (κ2) is 6.69. The highest BCUT2D eigenvalue weighted by molar-refractivity contribution is 7.89. The molecule has 0 aliphatic rings. The summed E-state index contributed by atoms with van der Waals surface area (Å²) in [4.78, 5) is -0.196. The van der Waals surface area contributed by atoms with E-state index in [4.69, 9.17) is 4.74 Å². The molecule has 6 heteroatoms. The van der Waals surface area contributed by atoms with Crippen LogP contribution >= 0.6 is 0 Å². The third-order valence-electron chi connectivity index (χ3n) is 2.96. The highest BCUT2D eigenvalue weighted by Gasteiger charge is 2.19. The fourth-order valence-corrected chi connectivity index (χ4v) is 3.12. The quantitative estimate of drug-likeness (QED) is 0.891. The van der Waals surface area contributed by atoms with Crippen LogP contribution in [0.4, 0.5) is 4.39 Å². The van der Waals surface area contributed by atoms with Crippen LogP contribution in [-0.4, -0.2) is 22.1 Å². The van der Waals surface area contributed by atoms with E-state index in [-0.39, 0.29) is 17.2 Å². The Balaban J connectivity index is 2.10. The minimum atomic E-state index is -3.81. The molecule has 2 aromatic carbocycles. The second-order valence-electron chi connectivity index (χ2n) is 4.43. The normalized spacial score (nSPS) is 11.3. The zero-order valence-electron chi connectivity index (χ0n) is 11.5. The molecule has 0 bridgehead atoms. The first-order valence-corrected chi connectivity index (χ1v) is 7.88. The second-order valence-corrected chi connectivity index (χ2v) is 6.16. The van der Waals surface area contributed by atoms with Crippen LogP contribution in [0.3, 0.4) is 0 Å². The minimum Gasteiger partial charge on any atom is -0.495 e. The molecule has 0 aliphatic carbocycles. The van der Waals surface area contributed by atoms with Gasteiger partial charge in [0.25, 0.3) is 0 Å². The zero-order valence-corrected chi connectivity index (χ0v) is 12.4. The Morgan fingerprint density at radius 1 is 1.14 bits per heavy atom. The van der Waals surface area contributed by atoms with Gasteiger partial charge in [-0.2, -0.15) is 0 Å². The summed E-state index contributed by atoms with van der Waals surface area (Å²) in [5.74, 6) is -0.511. The molecule has 2 aromatic rings. The van der Waals surface area contributed by atoms with E-state index in [1.165, 1.54) is 13.2 Å². The lowest BCUT2D eigenvalue weighted by Gasteiger charge is -2.10. The van der Waals surface area contributed by atoms with Gasteiger partial charge in [-0.1, -0.05) is 30.3 Å². The first-order valence-electron chi connectivity index (χ1n) is 6.40. The fraction of sp³-hybridized carbons (Fsp3) is 0.200. The van der Waals surface area contributed by atoms with Crippen LogP contribution in [-0.2, 0) is 16.4 Å². The van der Waals surface area contributed by atoms with Crippen LogP contribution in [0.25, 0.3) is 0 Å². The maximum Gasteiger partial charge on any atom is 0.244 e. The molecule has 4 nitrogen and oxygen atoms in total. The molecule has 0 atom stereocenters. The zero-order chi connectivity index (χ0) is 15.3. The predicted octanol–water partition coefficient (Wildman–Crippen LogP) is 2.36. The number of rotatable bonds is 6. The van der Waals surface area contributed by atoms with E-state index in [0.717, 1.165) is 17.7 Å². The SMILES string of the molecule is COc1ccc(F)cc1S(=O)(=O)NCCc1ccccc1. The van der Waals surface area contributed by atoms with Gasteiger partial charge in [-0.25, -0.2) is 17.5 Å². The first-order chi connectivity index (χ1) is 10.0. The number of nitrogens with one attached hydrogen (secondary N) is 1. The van der Waals surface area contributed by atoms with Crippen molar-refractivity contribution in [1.82, 2.24) is 4.72 Å². The van der Waals surface area contributed by atoms with Gasteiger partial charge in [0.2, 0.25) is 10.0 Å². The summed E-state index contributed by atoms with van der Waals surface area (Å²) >= 11 is 0. The Kier molecular flexibility index (Phi) is 4.93. The van der Waals surface area contributed by atoms with E-state index in [1.54, 1.807) is 0 Å². The fourth-order valence-electron chi connectivity index (χ4n) is 1.91. The molecule has 112 valence electrons. The highest BCUT2D eigenvalue weighted by atomic mass is 32.2. The van der Waals surface area contributed by atoms with Gasteiger partial charge < -0.3 is 4.74 Å². The molecule has 0 unspecified atom stereocenters. The van der Waals surface area contributed by atoms with E-state index in [1.807, 2.05) is 30.3 Å². The van der Waals surface area contributed by atoms with Crippen LogP contribution in [0.2, 0.25) is 0 Å². The molecule has 0 aromatic heterocycles. The van der Waals surface area contributed by atoms with E-state index < -0.39 is 15.8 Å². The van der Waals surface area contributed by atoms with Crippen molar-refractivity contribution in [3.8, 4) is 5.75 Å². The highest BCUT2D eigenvalue weighted by Crippen LogP contribution is 2.24. The van der Waals surface area contributed by atoms with Crippen molar-refractivity contribution in [2.45, 2.75) is 11.3 Å². The van der Waals surface area contributed by atoms with Crippen molar-refractivity contribution < 1.29 is 17.5 Å². The summed E-state index contributed by atoms with van der Waals surface area (Å²) in [5.41, 5.74) is 1.02. The summed E-state index contributed by atoms with van der Waals surface area (Å²) in [6.07, 6.45) is 0.553. The lowest BCUT2D eigenvalue weighted by Crippen LogP contribution is -2.26. The molecule has 2 rings (SSSR count). The number of halogens is 1. The standard InChI is InChI=1S/C15H16FNO3S/c1-20-14-8-7-13(16)11-15(14)21(18,19)17-10-9-12-5-3-2-4-6-12/h2-8,11,17H,9-10H2,1H3. The topological polar surface area (TPSA) is 55.4 Å². The number of hydrogen-bond acceptors (Lipinski definition) is 3. The summed E-state index contributed by atoms with van der Waals surface area (Å²) in [6.45, 7) is 0.228. The summed E-state index contributed by atoms with van der Waals surface area (Å²) in [5, 5.41) is 0. The van der Waals surface area contributed by atoms with Gasteiger partial charge in [-0.05, 0) is 30.2 Å². The maximum atomic E-state index is 13.3. The molecular formula is C15H16FNO3S. The molecule has 0 spiro atoms. The van der Waals surface area contributed by atoms with Crippen LogP contribution in [0.15, 0.2) is 53.4 Å². The van der Waals surface area contributed by atoms with Crippen molar-refractivity contribution in [2.24, 2.45) is 0 Å². The molecule has 0 saturated carbocycles. The Labute approximate surface area is 123 Å². The van der Waals surface area contributed by atoms with E-state index in [2.05, 4.69) is 4.72 Å². The van der Waals surface area contributed by atoms with Crippen molar-refractivity contribution in [1.29, 1.82) is 0 Å². The van der Waals surface area contributed by atoms with Crippen molar-refractivity contribution in [3.05, 3.63) is 59.9 Å². The Morgan fingerprint density at radius 3 is 2.52 bits per heavy atom. The third-order valence-corrected chi connectivity index (χ3v) is 4.45. The Morgan fingerprint density at radius 2 is 1.86 bits per heavy atom. The largest absolute Gasteiger partial charge is 0.495 e. The average molecular weight is 309 g/mol. The first kappa shape index (κ1) is 15.5. The summed E-state index contributed by atoms with van der Waals surface area (Å²) < 4.78 is 45.1. The molecule has 1 N–H and O–H groups in total. The van der Waals surface area contributed by atoms with E-state index in [0.29, 0.717) is 6.42 Å². The Bertz CT molecular complexity index is 702. The number of benzene rings is 2. The van der Waals surface area contributed by atoms with Crippen LogP contribution in [0.1, 0.15) is 5.56 Å². The van der Waals surface area contributed by atoms with Gasteiger partial charge in [-0.15, -0.1) is 0 Å². The van der Waals surface area contributed by atoms with Crippen LogP contribution in [0.5, 0.6) is 5.75 Å². The van der Waals surface area contributed by atoms with Crippen LogP contribution < -0.4 is 9.46 Å². The molecule has 0 fully saturated rings. The van der Waals surface area contributed by atoms with Gasteiger partial charge >= 0.3 is 0 Å².